The Morgan fingerprint density at radius 3 is 2.46 bits per heavy atom. The number of amides is 1. The summed E-state index contributed by atoms with van der Waals surface area (Å²) in [7, 11) is 0. The van der Waals surface area contributed by atoms with Crippen LogP contribution in [0.2, 0.25) is 0 Å². The highest BCUT2D eigenvalue weighted by Crippen LogP contribution is 2.22. The summed E-state index contributed by atoms with van der Waals surface area (Å²) in [6.07, 6.45) is 2.77. The van der Waals surface area contributed by atoms with E-state index in [4.69, 9.17) is 0 Å². The van der Waals surface area contributed by atoms with E-state index in [2.05, 4.69) is 5.10 Å². The Bertz CT molecular complexity index is 1030. The van der Waals surface area contributed by atoms with Crippen molar-refractivity contribution in [3.63, 3.8) is 0 Å². The minimum atomic E-state index is -0.678. The van der Waals surface area contributed by atoms with E-state index in [0.29, 0.717) is 6.54 Å². The van der Waals surface area contributed by atoms with Gasteiger partial charge in [-0.2, -0.15) is 5.10 Å². The number of anilines is 1. The molecule has 1 heterocycles. The topological polar surface area (TPSA) is 55.2 Å². The number of carbonyl (C=O) groups is 1. The summed E-state index contributed by atoms with van der Waals surface area (Å²) in [6, 6.07) is 20.4. The van der Waals surface area contributed by atoms with Crippen molar-refractivity contribution in [1.82, 2.24) is 9.78 Å². The summed E-state index contributed by atoms with van der Waals surface area (Å²) in [5.74, 6) is -0.150. The summed E-state index contributed by atoms with van der Waals surface area (Å²) in [5.41, 5.74) is 3.58. The minimum absolute atomic E-state index is 0.150. The molecule has 28 heavy (non-hydrogen) atoms. The molecular formula is C23H23N3O2. The molecule has 0 N–H and O–H groups in total. The SMILES string of the molecule is CC(C(=O)N(Cc1ccccc1)c1ccccc1)n1nc2c(cc1=O)CCC2. The van der Waals surface area contributed by atoms with Crippen molar-refractivity contribution in [2.24, 2.45) is 0 Å². The Kier molecular flexibility index (Phi) is 5.06. The van der Waals surface area contributed by atoms with Gasteiger partial charge in [0.15, 0.2) is 0 Å². The van der Waals surface area contributed by atoms with Gasteiger partial charge in [0.25, 0.3) is 11.5 Å². The van der Waals surface area contributed by atoms with Gasteiger partial charge in [0.05, 0.1) is 12.2 Å². The lowest BCUT2D eigenvalue weighted by Gasteiger charge is -2.26. The Balaban J connectivity index is 1.68. The van der Waals surface area contributed by atoms with Gasteiger partial charge in [0.2, 0.25) is 0 Å². The molecular weight excluding hydrogens is 350 g/mol. The number of aryl methyl sites for hydroxylation is 2. The number of para-hydroxylation sites is 1. The van der Waals surface area contributed by atoms with Crippen molar-refractivity contribution >= 4 is 11.6 Å². The van der Waals surface area contributed by atoms with E-state index in [1.165, 1.54) is 4.68 Å². The molecule has 2 aromatic carbocycles. The van der Waals surface area contributed by atoms with Crippen LogP contribution in [-0.2, 0) is 24.2 Å². The van der Waals surface area contributed by atoms with Crippen LogP contribution in [0.4, 0.5) is 5.69 Å². The molecule has 1 amide bonds. The third kappa shape index (κ3) is 3.60. The van der Waals surface area contributed by atoms with E-state index in [1.807, 2.05) is 60.7 Å². The van der Waals surface area contributed by atoms with E-state index in [9.17, 15) is 9.59 Å². The van der Waals surface area contributed by atoms with Crippen molar-refractivity contribution in [2.75, 3.05) is 4.90 Å². The van der Waals surface area contributed by atoms with Crippen molar-refractivity contribution in [1.29, 1.82) is 0 Å². The van der Waals surface area contributed by atoms with Gasteiger partial charge in [-0.05, 0) is 49.4 Å². The first-order chi connectivity index (χ1) is 13.6. The predicted octanol–water partition coefficient (Wildman–Crippen LogP) is 3.53. The number of aromatic nitrogens is 2. The van der Waals surface area contributed by atoms with Crippen LogP contribution in [-0.4, -0.2) is 15.7 Å². The molecule has 0 saturated carbocycles. The average molecular weight is 373 g/mol. The van der Waals surface area contributed by atoms with Gasteiger partial charge < -0.3 is 4.90 Å². The highest BCUT2D eigenvalue weighted by atomic mass is 16.2. The first-order valence-electron chi connectivity index (χ1n) is 9.65. The molecule has 1 atom stereocenters. The predicted molar refractivity (Wildman–Crippen MR) is 109 cm³/mol. The number of hydrogen-bond acceptors (Lipinski definition) is 3. The Labute approximate surface area is 164 Å². The molecule has 0 fully saturated rings. The first-order valence-corrected chi connectivity index (χ1v) is 9.65. The monoisotopic (exact) mass is 373 g/mol. The molecule has 5 nitrogen and oxygen atoms in total. The van der Waals surface area contributed by atoms with Crippen molar-refractivity contribution < 1.29 is 4.79 Å². The second-order valence-electron chi connectivity index (χ2n) is 7.17. The molecule has 1 aliphatic carbocycles. The fraction of sp³-hybridized carbons (Fsp3) is 0.261. The fourth-order valence-electron chi connectivity index (χ4n) is 3.69. The molecule has 5 heteroatoms. The largest absolute Gasteiger partial charge is 0.306 e. The summed E-state index contributed by atoms with van der Waals surface area (Å²) in [4.78, 5) is 27.7. The molecule has 0 bridgehead atoms. The van der Waals surface area contributed by atoms with Crippen molar-refractivity contribution in [3.05, 3.63) is 93.9 Å². The van der Waals surface area contributed by atoms with Crippen molar-refractivity contribution in [2.45, 2.75) is 38.8 Å². The van der Waals surface area contributed by atoms with Gasteiger partial charge in [-0.25, -0.2) is 4.68 Å². The summed E-state index contributed by atoms with van der Waals surface area (Å²) >= 11 is 0. The number of carbonyl (C=O) groups excluding carboxylic acids is 1. The zero-order valence-corrected chi connectivity index (χ0v) is 15.9. The maximum absolute atomic E-state index is 13.4. The van der Waals surface area contributed by atoms with Crippen LogP contribution in [0.25, 0.3) is 0 Å². The summed E-state index contributed by atoms with van der Waals surface area (Å²) in [6.45, 7) is 2.19. The number of rotatable bonds is 5. The second kappa shape index (κ2) is 7.80. The van der Waals surface area contributed by atoms with Gasteiger partial charge in [-0.15, -0.1) is 0 Å². The molecule has 0 saturated heterocycles. The van der Waals surface area contributed by atoms with Crippen LogP contribution in [0.1, 0.15) is 36.2 Å². The zero-order valence-electron chi connectivity index (χ0n) is 15.9. The molecule has 0 aliphatic heterocycles. The van der Waals surface area contributed by atoms with E-state index in [-0.39, 0.29) is 11.5 Å². The normalized spacial score (nSPS) is 13.8. The van der Waals surface area contributed by atoms with E-state index < -0.39 is 6.04 Å². The second-order valence-corrected chi connectivity index (χ2v) is 7.17. The molecule has 1 aliphatic rings. The Hall–Kier alpha value is -3.21. The number of nitrogens with zero attached hydrogens (tertiary/aromatic N) is 3. The van der Waals surface area contributed by atoms with Gasteiger partial charge in [0.1, 0.15) is 6.04 Å². The third-order valence-electron chi connectivity index (χ3n) is 5.22. The number of hydrogen-bond donors (Lipinski definition) is 0. The molecule has 1 unspecified atom stereocenters. The van der Waals surface area contributed by atoms with E-state index in [0.717, 1.165) is 41.8 Å². The maximum Gasteiger partial charge on any atom is 0.267 e. The molecule has 3 aromatic rings. The Morgan fingerprint density at radius 2 is 1.75 bits per heavy atom. The quantitative estimate of drug-likeness (QED) is 0.688. The van der Waals surface area contributed by atoms with Crippen molar-refractivity contribution in [3.8, 4) is 0 Å². The van der Waals surface area contributed by atoms with E-state index in [1.54, 1.807) is 17.9 Å². The smallest absolute Gasteiger partial charge is 0.267 e. The highest BCUT2D eigenvalue weighted by Gasteiger charge is 2.26. The van der Waals surface area contributed by atoms with Gasteiger partial charge >= 0.3 is 0 Å². The molecule has 1 aromatic heterocycles. The summed E-state index contributed by atoms with van der Waals surface area (Å²) in [5, 5.41) is 4.51. The van der Waals surface area contributed by atoms with Crippen LogP contribution >= 0.6 is 0 Å². The third-order valence-corrected chi connectivity index (χ3v) is 5.22. The van der Waals surface area contributed by atoms with Gasteiger partial charge in [-0.3, -0.25) is 9.59 Å². The molecule has 0 radical (unpaired) electrons. The van der Waals surface area contributed by atoms with Crippen LogP contribution < -0.4 is 10.5 Å². The standard InChI is InChI=1S/C23H23N3O2/c1-17(26-22(27)15-19-11-8-14-21(19)24-26)23(28)25(20-12-6-3-7-13-20)16-18-9-4-2-5-10-18/h2-7,9-10,12-13,15,17H,8,11,14,16H2,1H3. The summed E-state index contributed by atoms with van der Waals surface area (Å²) < 4.78 is 1.34. The molecule has 0 spiro atoms. The zero-order chi connectivity index (χ0) is 19.5. The molecule has 142 valence electrons. The lowest BCUT2D eigenvalue weighted by molar-refractivity contribution is -0.121. The van der Waals surface area contributed by atoms with Crippen LogP contribution in [0.15, 0.2) is 71.5 Å². The highest BCUT2D eigenvalue weighted by molar-refractivity contribution is 5.95. The lowest BCUT2D eigenvalue weighted by Crippen LogP contribution is -2.40. The maximum atomic E-state index is 13.4. The minimum Gasteiger partial charge on any atom is -0.306 e. The van der Waals surface area contributed by atoms with Gasteiger partial charge in [0, 0.05) is 11.8 Å². The average Bonchev–Trinajstić information content (AvgIpc) is 3.19. The number of benzene rings is 2. The first kappa shape index (κ1) is 18.2. The fourth-order valence-corrected chi connectivity index (χ4v) is 3.69. The van der Waals surface area contributed by atoms with E-state index >= 15 is 0 Å². The van der Waals surface area contributed by atoms with Gasteiger partial charge in [-0.1, -0.05) is 48.5 Å². The Morgan fingerprint density at radius 1 is 1.07 bits per heavy atom. The van der Waals surface area contributed by atoms with Crippen LogP contribution in [0.5, 0.6) is 0 Å². The molecule has 4 rings (SSSR count). The lowest BCUT2D eigenvalue weighted by atomic mass is 10.1. The van der Waals surface area contributed by atoms with Crippen LogP contribution in [0.3, 0.4) is 0 Å². The van der Waals surface area contributed by atoms with Crippen LogP contribution in [0, 0.1) is 0 Å². The number of fused-ring (bicyclic) bond motifs is 1.